The van der Waals surface area contributed by atoms with Crippen LogP contribution in [0.4, 0.5) is 0 Å². The molecule has 178 valence electrons. The molecule has 3 N–H and O–H groups in total. The topological polar surface area (TPSA) is 88.7 Å². The largest absolute Gasteiger partial charge is 0.494 e. The molecule has 0 saturated heterocycles. The highest BCUT2D eigenvalue weighted by Crippen LogP contribution is 2.28. The van der Waals surface area contributed by atoms with Crippen molar-refractivity contribution in [2.75, 3.05) is 13.2 Å². The molecule has 0 aromatic heterocycles. The van der Waals surface area contributed by atoms with Crippen molar-refractivity contribution in [2.24, 2.45) is 5.92 Å². The standard InChI is InChI=1S/C24H30BrN3O4S/c1-15(2)10-11-31-19-7-5-6-18(12-19)23(30)26-24(33)28-27-22(29)14-32-21-9-8-17(16(3)4)13-20(21)25/h5-9,12-13,15-16H,10-11,14H2,1-4H3,(H,27,29)(H2,26,28,30,33). The number of carbonyl (C=O) groups is 2. The number of hydrogen-bond donors (Lipinski definition) is 3. The van der Waals surface area contributed by atoms with Crippen molar-refractivity contribution >= 4 is 45.1 Å². The highest BCUT2D eigenvalue weighted by Gasteiger charge is 2.11. The SMILES string of the molecule is CC(C)CCOc1cccc(C(=O)NC(=S)NNC(=O)COc2ccc(C(C)C)cc2Br)c1. The van der Waals surface area contributed by atoms with Crippen molar-refractivity contribution in [3.05, 3.63) is 58.1 Å². The summed E-state index contributed by atoms with van der Waals surface area (Å²) in [4.78, 5) is 24.5. The summed E-state index contributed by atoms with van der Waals surface area (Å²) in [6.45, 7) is 8.79. The van der Waals surface area contributed by atoms with Crippen LogP contribution < -0.4 is 25.6 Å². The Labute approximate surface area is 208 Å². The van der Waals surface area contributed by atoms with Gasteiger partial charge in [0, 0.05) is 5.56 Å². The molecule has 0 heterocycles. The zero-order chi connectivity index (χ0) is 24.4. The van der Waals surface area contributed by atoms with E-state index in [-0.39, 0.29) is 11.7 Å². The van der Waals surface area contributed by atoms with Gasteiger partial charge in [0.1, 0.15) is 11.5 Å². The van der Waals surface area contributed by atoms with Crippen LogP contribution in [0.2, 0.25) is 0 Å². The Bertz CT molecular complexity index is 982. The van der Waals surface area contributed by atoms with E-state index in [1.165, 1.54) is 0 Å². The van der Waals surface area contributed by atoms with Gasteiger partial charge in [-0.15, -0.1) is 0 Å². The van der Waals surface area contributed by atoms with E-state index in [9.17, 15) is 9.59 Å². The fraction of sp³-hybridized carbons (Fsp3) is 0.375. The normalized spacial score (nSPS) is 10.6. The van der Waals surface area contributed by atoms with Gasteiger partial charge in [-0.25, -0.2) is 0 Å². The predicted molar refractivity (Wildman–Crippen MR) is 136 cm³/mol. The van der Waals surface area contributed by atoms with E-state index in [4.69, 9.17) is 21.7 Å². The molecule has 7 nitrogen and oxygen atoms in total. The van der Waals surface area contributed by atoms with Crippen LogP contribution in [0, 0.1) is 5.92 Å². The Balaban J connectivity index is 1.77. The highest BCUT2D eigenvalue weighted by molar-refractivity contribution is 9.10. The van der Waals surface area contributed by atoms with Crippen LogP contribution in [0.25, 0.3) is 0 Å². The summed E-state index contributed by atoms with van der Waals surface area (Å²) in [7, 11) is 0. The number of hydrazine groups is 1. The second-order valence-electron chi connectivity index (χ2n) is 8.15. The van der Waals surface area contributed by atoms with Crippen LogP contribution in [-0.4, -0.2) is 30.1 Å². The van der Waals surface area contributed by atoms with Crippen LogP contribution >= 0.6 is 28.1 Å². The Morgan fingerprint density at radius 3 is 2.45 bits per heavy atom. The number of benzene rings is 2. The maximum absolute atomic E-state index is 12.4. The fourth-order valence-corrected chi connectivity index (χ4v) is 3.30. The molecule has 0 radical (unpaired) electrons. The van der Waals surface area contributed by atoms with Gasteiger partial charge in [0.15, 0.2) is 11.7 Å². The van der Waals surface area contributed by atoms with Gasteiger partial charge in [-0.05, 0) is 82.3 Å². The molecule has 2 rings (SSSR count). The van der Waals surface area contributed by atoms with Crippen molar-refractivity contribution in [3.63, 3.8) is 0 Å². The van der Waals surface area contributed by atoms with Gasteiger partial charge in [0.2, 0.25) is 0 Å². The Morgan fingerprint density at radius 1 is 1.03 bits per heavy atom. The smallest absolute Gasteiger partial charge is 0.276 e. The molecule has 0 aliphatic heterocycles. The number of hydrogen-bond acceptors (Lipinski definition) is 5. The number of rotatable bonds is 9. The molecule has 2 amide bonds. The molecular formula is C24H30BrN3O4S. The molecule has 0 fully saturated rings. The quantitative estimate of drug-likeness (QED) is 0.318. The minimum Gasteiger partial charge on any atom is -0.494 e. The molecule has 0 bridgehead atoms. The number of thiocarbonyl (C=S) groups is 1. The minimum absolute atomic E-state index is 0.0399. The first kappa shape index (κ1) is 26.6. The summed E-state index contributed by atoms with van der Waals surface area (Å²) in [6, 6.07) is 12.6. The third kappa shape index (κ3) is 9.39. The molecular weight excluding hydrogens is 506 g/mol. The first-order valence-electron chi connectivity index (χ1n) is 10.7. The van der Waals surface area contributed by atoms with Crippen molar-refractivity contribution < 1.29 is 19.1 Å². The van der Waals surface area contributed by atoms with Crippen molar-refractivity contribution in [1.82, 2.24) is 16.2 Å². The molecule has 2 aromatic carbocycles. The molecule has 0 spiro atoms. The molecule has 0 aliphatic rings. The average Bonchev–Trinajstić information content (AvgIpc) is 2.76. The van der Waals surface area contributed by atoms with Crippen LogP contribution in [0.5, 0.6) is 11.5 Å². The van der Waals surface area contributed by atoms with E-state index in [0.717, 1.165) is 16.5 Å². The summed E-state index contributed by atoms with van der Waals surface area (Å²) >= 11 is 8.53. The van der Waals surface area contributed by atoms with Crippen LogP contribution in [-0.2, 0) is 4.79 Å². The number of ether oxygens (including phenoxy) is 2. The highest BCUT2D eigenvalue weighted by atomic mass is 79.9. The van der Waals surface area contributed by atoms with Gasteiger partial charge < -0.3 is 9.47 Å². The van der Waals surface area contributed by atoms with E-state index in [0.29, 0.717) is 35.5 Å². The molecule has 0 saturated carbocycles. The summed E-state index contributed by atoms with van der Waals surface area (Å²) in [5.74, 6) is 1.22. The lowest BCUT2D eigenvalue weighted by molar-refractivity contribution is -0.123. The molecule has 33 heavy (non-hydrogen) atoms. The second kappa shape index (κ2) is 13.2. The Hall–Kier alpha value is -2.65. The lowest BCUT2D eigenvalue weighted by Crippen LogP contribution is -2.49. The van der Waals surface area contributed by atoms with E-state index < -0.39 is 11.8 Å². The van der Waals surface area contributed by atoms with Crippen molar-refractivity contribution in [3.8, 4) is 11.5 Å². The summed E-state index contributed by atoms with van der Waals surface area (Å²) in [5, 5.41) is 2.48. The summed E-state index contributed by atoms with van der Waals surface area (Å²) < 4.78 is 12.0. The van der Waals surface area contributed by atoms with Crippen LogP contribution in [0.15, 0.2) is 46.9 Å². The van der Waals surface area contributed by atoms with Crippen molar-refractivity contribution in [2.45, 2.75) is 40.0 Å². The first-order chi connectivity index (χ1) is 15.7. The molecule has 0 unspecified atom stereocenters. The van der Waals surface area contributed by atoms with Gasteiger partial charge >= 0.3 is 0 Å². The monoisotopic (exact) mass is 535 g/mol. The van der Waals surface area contributed by atoms with E-state index >= 15 is 0 Å². The van der Waals surface area contributed by atoms with Crippen LogP contribution in [0.3, 0.4) is 0 Å². The van der Waals surface area contributed by atoms with Gasteiger partial charge in [-0.2, -0.15) is 0 Å². The maximum atomic E-state index is 12.4. The van der Waals surface area contributed by atoms with E-state index in [1.807, 2.05) is 18.2 Å². The molecule has 0 aliphatic carbocycles. The summed E-state index contributed by atoms with van der Waals surface area (Å²) in [5.41, 5.74) is 6.45. The predicted octanol–water partition coefficient (Wildman–Crippen LogP) is 4.71. The molecule has 9 heteroatoms. The van der Waals surface area contributed by atoms with Crippen molar-refractivity contribution in [1.29, 1.82) is 0 Å². The van der Waals surface area contributed by atoms with Gasteiger partial charge in [-0.1, -0.05) is 39.8 Å². The fourth-order valence-electron chi connectivity index (χ4n) is 2.65. The number of nitrogens with one attached hydrogen (secondary N) is 3. The summed E-state index contributed by atoms with van der Waals surface area (Å²) in [6.07, 6.45) is 0.925. The molecule has 2 aromatic rings. The number of halogens is 1. The lowest BCUT2D eigenvalue weighted by Gasteiger charge is -2.13. The third-order valence-electron chi connectivity index (χ3n) is 4.58. The van der Waals surface area contributed by atoms with E-state index in [2.05, 4.69) is 59.8 Å². The van der Waals surface area contributed by atoms with Gasteiger partial charge in [0.05, 0.1) is 11.1 Å². The molecule has 0 atom stereocenters. The zero-order valence-electron chi connectivity index (χ0n) is 19.2. The number of amides is 2. The Kier molecular flexibility index (Phi) is 10.6. The van der Waals surface area contributed by atoms with Gasteiger partial charge in [-0.3, -0.25) is 25.8 Å². The van der Waals surface area contributed by atoms with Gasteiger partial charge in [0.25, 0.3) is 11.8 Å². The first-order valence-corrected chi connectivity index (χ1v) is 11.9. The number of carbonyl (C=O) groups excluding carboxylic acids is 2. The maximum Gasteiger partial charge on any atom is 0.276 e. The third-order valence-corrected chi connectivity index (χ3v) is 5.41. The second-order valence-corrected chi connectivity index (χ2v) is 9.41. The minimum atomic E-state index is -0.452. The zero-order valence-corrected chi connectivity index (χ0v) is 21.6. The Morgan fingerprint density at radius 2 is 1.79 bits per heavy atom. The van der Waals surface area contributed by atoms with E-state index in [1.54, 1.807) is 24.3 Å². The average molecular weight is 536 g/mol. The lowest BCUT2D eigenvalue weighted by atomic mass is 10.0. The van der Waals surface area contributed by atoms with Crippen LogP contribution in [0.1, 0.15) is 56.0 Å².